The lowest BCUT2D eigenvalue weighted by Gasteiger charge is -2.35. The predicted octanol–water partition coefficient (Wildman–Crippen LogP) is 4.43. The van der Waals surface area contributed by atoms with E-state index in [4.69, 9.17) is 0 Å². The molecule has 1 aliphatic rings. The van der Waals surface area contributed by atoms with Crippen LogP contribution in [0.3, 0.4) is 0 Å². The van der Waals surface area contributed by atoms with E-state index in [0.29, 0.717) is 13.1 Å². The zero-order valence-corrected chi connectivity index (χ0v) is 15.5. The first-order valence-electron chi connectivity index (χ1n) is 8.58. The molecule has 0 spiro atoms. The topological polar surface area (TPSA) is 66.7 Å². The summed E-state index contributed by atoms with van der Waals surface area (Å²) in [5.41, 5.74) is 0.963. The van der Waals surface area contributed by atoms with E-state index in [2.05, 4.69) is 0 Å². The van der Waals surface area contributed by atoms with Crippen LogP contribution in [0.1, 0.15) is 6.92 Å². The van der Waals surface area contributed by atoms with Gasteiger partial charge in [0, 0.05) is 29.4 Å². The van der Waals surface area contributed by atoms with Gasteiger partial charge >= 0.3 is 0 Å². The molecule has 3 rings (SSSR count). The second kappa shape index (κ2) is 7.75. The van der Waals surface area contributed by atoms with Crippen molar-refractivity contribution in [3.8, 4) is 0 Å². The summed E-state index contributed by atoms with van der Waals surface area (Å²) < 4.78 is 18.1. The summed E-state index contributed by atoms with van der Waals surface area (Å²) in [6.07, 6.45) is 3.46. The summed E-state index contributed by atoms with van der Waals surface area (Å²) in [4.78, 5) is 10.9. The van der Waals surface area contributed by atoms with Gasteiger partial charge in [-0.15, -0.1) is 0 Å². The summed E-state index contributed by atoms with van der Waals surface area (Å²) in [5, 5.41) is 11.3. The number of rotatable bonds is 6. The van der Waals surface area contributed by atoms with Crippen LogP contribution in [0, 0.1) is 10.1 Å². The number of allylic oxidation sites excluding steroid dienone is 1. The smallest absolute Gasteiger partial charge is 0.276 e. The van der Waals surface area contributed by atoms with Crippen LogP contribution >= 0.6 is 7.44 Å². The molecule has 1 aliphatic heterocycles. The van der Waals surface area contributed by atoms with E-state index in [1.807, 2.05) is 70.0 Å². The molecule has 2 aromatic carbocycles. The Balaban J connectivity index is 2.12. The Kier molecular flexibility index (Phi) is 5.43. The summed E-state index contributed by atoms with van der Waals surface area (Å²) in [6.45, 7) is 2.55. The van der Waals surface area contributed by atoms with Crippen molar-refractivity contribution in [2.75, 3.05) is 29.0 Å². The fourth-order valence-electron chi connectivity index (χ4n) is 3.41. The van der Waals surface area contributed by atoms with Crippen LogP contribution < -0.4 is 9.34 Å². The Hall–Kier alpha value is -2.59. The van der Waals surface area contributed by atoms with Gasteiger partial charge in [0.1, 0.15) is 5.66 Å². The highest BCUT2D eigenvalue weighted by molar-refractivity contribution is 7.68. The van der Waals surface area contributed by atoms with Crippen molar-refractivity contribution in [2.45, 2.75) is 12.6 Å². The number of nitro groups is 1. The molecule has 0 aromatic heterocycles. The van der Waals surface area contributed by atoms with Crippen molar-refractivity contribution in [1.82, 2.24) is 0 Å². The molecule has 0 amide bonds. The van der Waals surface area contributed by atoms with E-state index in [1.165, 1.54) is 0 Å². The van der Waals surface area contributed by atoms with E-state index in [9.17, 15) is 14.7 Å². The minimum Gasteiger partial charge on any atom is -0.304 e. The monoisotopic (exact) mass is 371 g/mol. The Morgan fingerprint density at radius 1 is 1.04 bits per heavy atom. The molecule has 1 saturated heterocycles. The Labute approximate surface area is 153 Å². The molecule has 0 radical (unpaired) electrons. The van der Waals surface area contributed by atoms with Gasteiger partial charge in [-0.25, -0.2) is 0 Å². The van der Waals surface area contributed by atoms with E-state index in [-0.39, 0.29) is 11.5 Å². The van der Waals surface area contributed by atoms with E-state index in [1.54, 1.807) is 19.1 Å². The number of hydrogen-bond donors (Lipinski definition) is 0. The maximum atomic E-state index is 14.4. The number of para-hydroxylation sites is 2. The summed E-state index contributed by atoms with van der Waals surface area (Å²) in [7, 11) is -3.28. The number of anilines is 2. The molecule has 1 atom stereocenters. The first-order valence-corrected chi connectivity index (χ1v) is 10.3. The third kappa shape index (κ3) is 3.37. The van der Waals surface area contributed by atoms with Gasteiger partial charge in [0.2, 0.25) is 6.54 Å². The first-order chi connectivity index (χ1) is 12.6. The molecule has 6 nitrogen and oxygen atoms in total. The van der Waals surface area contributed by atoms with Crippen molar-refractivity contribution in [2.24, 2.45) is 0 Å². The van der Waals surface area contributed by atoms with Gasteiger partial charge in [0.25, 0.3) is 7.44 Å². The predicted molar refractivity (Wildman–Crippen MR) is 106 cm³/mol. The van der Waals surface area contributed by atoms with Gasteiger partial charge in [-0.05, 0) is 31.2 Å². The lowest BCUT2D eigenvalue weighted by Crippen LogP contribution is -2.31. The largest absolute Gasteiger partial charge is 0.304 e. The highest BCUT2D eigenvalue weighted by Crippen LogP contribution is 2.63. The number of benzene rings is 2. The quantitative estimate of drug-likeness (QED) is 0.325. The average molecular weight is 371 g/mol. The van der Waals surface area contributed by atoms with Crippen molar-refractivity contribution in [1.29, 1.82) is 0 Å². The van der Waals surface area contributed by atoms with Crippen LogP contribution in [0.4, 0.5) is 11.4 Å². The zero-order valence-electron chi connectivity index (χ0n) is 14.6. The van der Waals surface area contributed by atoms with Crippen LogP contribution in [0.15, 0.2) is 72.8 Å². The fourth-order valence-corrected chi connectivity index (χ4v) is 6.81. The third-order valence-electron chi connectivity index (χ3n) is 4.51. The molecule has 26 heavy (non-hydrogen) atoms. The van der Waals surface area contributed by atoms with E-state index in [0.717, 1.165) is 11.4 Å². The highest BCUT2D eigenvalue weighted by atomic mass is 31.2. The normalized spacial score (nSPS) is 17.6. The van der Waals surface area contributed by atoms with Crippen LogP contribution in [0.5, 0.6) is 0 Å². The molecule has 1 fully saturated rings. The van der Waals surface area contributed by atoms with Crippen LogP contribution in [-0.4, -0.2) is 30.2 Å². The van der Waals surface area contributed by atoms with Crippen molar-refractivity contribution >= 4 is 18.8 Å². The lowest BCUT2D eigenvalue weighted by molar-refractivity contribution is -0.477. The molecule has 136 valence electrons. The number of hydrogen-bond acceptors (Lipinski definition) is 3. The average Bonchev–Trinajstić information content (AvgIpc) is 3.01. The summed E-state index contributed by atoms with van der Waals surface area (Å²) >= 11 is 0. The molecule has 1 heterocycles. The minimum atomic E-state index is -3.28. The molecule has 0 saturated carbocycles. The van der Waals surface area contributed by atoms with Gasteiger partial charge in [-0.1, -0.05) is 48.6 Å². The van der Waals surface area contributed by atoms with E-state index >= 15 is 0 Å². The van der Waals surface area contributed by atoms with Gasteiger partial charge in [0.15, 0.2) is 0 Å². The van der Waals surface area contributed by atoms with E-state index < -0.39 is 13.1 Å². The second-order valence-corrected chi connectivity index (χ2v) is 8.92. The van der Waals surface area contributed by atoms with Gasteiger partial charge in [-0.3, -0.25) is 14.7 Å². The van der Waals surface area contributed by atoms with Crippen molar-refractivity contribution in [3.63, 3.8) is 0 Å². The third-order valence-corrected chi connectivity index (χ3v) is 7.95. The van der Waals surface area contributed by atoms with Crippen molar-refractivity contribution < 1.29 is 9.49 Å². The summed E-state index contributed by atoms with van der Waals surface area (Å²) in [5.74, 6) is 0. The number of nitrogens with zero attached hydrogens (tertiary/aromatic N) is 3. The molecule has 0 N–H and O–H groups in total. The molecule has 0 bridgehead atoms. The summed E-state index contributed by atoms with van der Waals surface area (Å²) in [6, 6.07) is 19.0. The Bertz CT molecular complexity index is 775. The molecular weight excluding hydrogens is 349 g/mol. The van der Waals surface area contributed by atoms with Gasteiger partial charge < -0.3 is 9.34 Å². The lowest BCUT2D eigenvalue weighted by atomic mass is 10.3. The highest BCUT2D eigenvalue weighted by Gasteiger charge is 2.50. The molecule has 2 aromatic rings. The van der Waals surface area contributed by atoms with Crippen LogP contribution in [-0.2, 0) is 4.57 Å². The van der Waals surface area contributed by atoms with Crippen molar-refractivity contribution in [3.05, 3.63) is 82.9 Å². The minimum absolute atomic E-state index is 0.367. The van der Waals surface area contributed by atoms with Gasteiger partial charge in [-0.2, -0.15) is 0 Å². The second-order valence-electron chi connectivity index (χ2n) is 6.11. The Morgan fingerprint density at radius 2 is 1.50 bits per heavy atom. The molecular formula is C19H22N3O3P. The standard InChI is InChI=1S/C19H22N3O3P/c1-2-9-19(16-22(23)24)26(25)20(17-10-5-3-6-11-17)14-15-21(26)18-12-7-4-8-13-18/h2-13,19H,14-16H2,1H3/b9-2+. The SMILES string of the molecule is C/C=C/C(C[N+](=O)[O-])P1(=O)N(c2ccccc2)CCN1c1ccccc1. The zero-order chi connectivity index (χ0) is 18.6. The van der Waals surface area contributed by atoms with Crippen LogP contribution in [0.2, 0.25) is 0 Å². The first kappa shape index (κ1) is 18.2. The molecule has 7 heteroatoms. The van der Waals surface area contributed by atoms with Crippen LogP contribution in [0.25, 0.3) is 0 Å². The Morgan fingerprint density at radius 3 is 1.88 bits per heavy atom. The molecule has 1 unspecified atom stereocenters. The maximum absolute atomic E-state index is 14.4. The molecule has 0 aliphatic carbocycles. The van der Waals surface area contributed by atoms with Gasteiger partial charge in [0.05, 0.1) is 0 Å². The fraction of sp³-hybridized carbons (Fsp3) is 0.263. The maximum Gasteiger partial charge on any atom is 0.276 e.